The van der Waals surface area contributed by atoms with Crippen molar-refractivity contribution in [2.75, 3.05) is 39.9 Å². The van der Waals surface area contributed by atoms with Crippen molar-refractivity contribution in [2.24, 2.45) is 10.9 Å². The van der Waals surface area contributed by atoms with E-state index in [-0.39, 0.29) is 5.91 Å². The molecule has 0 radical (unpaired) electrons. The number of hydrogen-bond donors (Lipinski definition) is 1. The van der Waals surface area contributed by atoms with Crippen LogP contribution in [0.1, 0.15) is 37.0 Å². The van der Waals surface area contributed by atoms with Gasteiger partial charge in [0.25, 0.3) is 11.9 Å². The molecule has 1 N–H and O–H groups in total. The number of amides is 1. The molecule has 0 unspecified atom stereocenters. The number of nitrogens with one attached hydrogen (secondary N) is 1. The smallest absolute Gasteiger partial charge is 0.291 e. The zero-order chi connectivity index (χ0) is 18.1. The van der Waals surface area contributed by atoms with Crippen LogP contribution in [0.15, 0.2) is 29.3 Å². The number of amidine groups is 1. The Morgan fingerprint density at radius 3 is 2.52 bits per heavy atom. The maximum Gasteiger partial charge on any atom is 0.291 e. The van der Waals surface area contributed by atoms with Crippen LogP contribution in [0.2, 0.25) is 0 Å². The molecule has 1 aliphatic rings. The summed E-state index contributed by atoms with van der Waals surface area (Å²) < 4.78 is 10.8. The van der Waals surface area contributed by atoms with Crippen LogP contribution in [0.4, 0.5) is 0 Å². The van der Waals surface area contributed by atoms with Gasteiger partial charge in [-0.3, -0.25) is 10.1 Å². The Bertz CT molecular complexity index is 564. The van der Waals surface area contributed by atoms with Gasteiger partial charge in [0.15, 0.2) is 0 Å². The van der Waals surface area contributed by atoms with E-state index >= 15 is 0 Å². The molecule has 1 fully saturated rings. The number of likely N-dealkylation sites (tertiary alicyclic amines) is 1. The maximum atomic E-state index is 12.4. The van der Waals surface area contributed by atoms with Gasteiger partial charge in [0.2, 0.25) is 0 Å². The fraction of sp³-hybridized carbons (Fsp3) is 0.579. The van der Waals surface area contributed by atoms with Crippen LogP contribution >= 0.6 is 0 Å². The van der Waals surface area contributed by atoms with Gasteiger partial charge in [-0.15, -0.1) is 0 Å². The van der Waals surface area contributed by atoms with E-state index in [1.54, 1.807) is 31.4 Å². The van der Waals surface area contributed by atoms with Crippen LogP contribution < -0.4 is 10.1 Å². The van der Waals surface area contributed by atoms with Crippen molar-refractivity contribution in [3.8, 4) is 5.75 Å². The summed E-state index contributed by atoms with van der Waals surface area (Å²) in [5.41, 5.74) is 0.543. The fourth-order valence-corrected chi connectivity index (χ4v) is 2.58. The number of nitrogens with zero attached hydrogens (tertiary/aromatic N) is 2. The maximum absolute atomic E-state index is 12.4. The van der Waals surface area contributed by atoms with Gasteiger partial charge < -0.3 is 14.4 Å². The Balaban J connectivity index is 1.93. The van der Waals surface area contributed by atoms with Crippen LogP contribution in [0.5, 0.6) is 5.75 Å². The first-order valence-electron chi connectivity index (χ1n) is 8.93. The third-order valence-corrected chi connectivity index (χ3v) is 4.00. The molecular weight excluding hydrogens is 318 g/mol. The Morgan fingerprint density at radius 1 is 1.24 bits per heavy atom. The minimum atomic E-state index is -0.230. The van der Waals surface area contributed by atoms with Crippen molar-refractivity contribution in [1.82, 2.24) is 10.2 Å². The zero-order valence-corrected chi connectivity index (χ0v) is 15.5. The molecule has 0 aromatic heterocycles. The van der Waals surface area contributed by atoms with E-state index in [9.17, 15) is 4.79 Å². The highest BCUT2D eigenvalue weighted by atomic mass is 16.5. The molecule has 0 atom stereocenters. The predicted molar refractivity (Wildman–Crippen MR) is 99.2 cm³/mol. The molecule has 6 heteroatoms. The Labute approximate surface area is 150 Å². The third-order valence-electron chi connectivity index (χ3n) is 4.00. The van der Waals surface area contributed by atoms with Gasteiger partial charge in [-0.1, -0.05) is 13.8 Å². The molecule has 6 nitrogen and oxygen atoms in total. The molecule has 1 amide bonds. The van der Waals surface area contributed by atoms with Crippen molar-refractivity contribution in [3.05, 3.63) is 29.8 Å². The number of carbonyl (C=O) groups is 1. The summed E-state index contributed by atoms with van der Waals surface area (Å²) in [6.07, 6.45) is 2.52. The molecule has 138 valence electrons. The fourth-order valence-electron chi connectivity index (χ4n) is 2.58. The van der Waals surface area contributed by atoms with Gasteiger partial charge in [0, 0.05) is 12.1 Å². The second-order valence-corrected chi connectivity index (χ2v) is 6.62. The molecule has 0 saturated carbocycles. The molecule has 0 bridgehead atoms. The lowest BCUT2D eigenvalue weighted by Gasteiger charge is -2.15. The highest BCUT2D eigenvalue weighted by Gasteiger charge is 2.13. The minimum Gasteiger partial charge on any atom is -0.497 e. The predicted octanol–water partition coefficient (Wildman–Crippen LogP) is 2.55. The summed E-state index contributed by atoms with van der Waals surface area (Å²) in [7, 11) is 1.60. The van der Waals surface area contributed by atoms with Gasteiger partial charge in [-0.05, 0) is 56.1 Å². The molecule has 1 aromatic rings. The number of ether oxygens (including phenoxy) is 2. The number of carbonyl (C=O) groups excluding carboxylic acids is 1. The SMILES string of the molecule is COc1ccc(C(=O)NC(=NCCN2CCCC2)OCC(C)C)cc1. The first-order valence-corrected chi connectivity index (χ1v) is 8.93. The van der Waals surface area contributed by atoms with Gasteiger partial charge in [-0.25, -0.2) is 4.99 Å². The monoisotopic (exact) mass is 347 g/mol. The number of aliphatic imine (C=N–C) groups is 1. The van der Waals surface area contributed by atoms with E-state index in [2.05, 4.69) is 29.1 Å². The molecule has 1 saturated heterocycles. The second kappa shape index (κ2) is 10.0. The summed E-state index contributed by atoms with van der Waals surface area (Å²) in [6.45, 7) is 8.43. The molecule has 1 aliphatic heterocycles. The summed E-state index contributed by atoms with van der Waals surface area (Å²) in [5.74, 6) is 0.847. The summed E-state index contributed by atoms with van der Waals surface area (Å²) in [5, 5.41) is 2.78. The van der Waals surface area contributed by atoms with Crippen LogP contribution in [0.25, 0.3) is 0 Å². The summed E-state index contributed by atoms with van der Waals surface area (Å²) >= 11 is 0. The van der Waals surface area contributed by atoms with Gasteiger partial charge in [-0.2, -0.15) is 0 Å². The van der Waals surface area contributed by atoms with Crippen LogP contribution in [0, 0.1) is 5.92 Å². The molecule has 0 spiro atoms. The highest BCUT2D eigenvalue weighted by molar-refractivity contribution is 6.04. The zero-order valence-electron chi connectivity index (χ0n) is 15.5. The van der Waals surface area contributed by atoms with E-state index in [0.29, 0.717) is 36.4 Å². The normalized spacial score (nSPS) is 15.4. The quantitative estimate of drug-likeness (QED) is 0.608. The molecule has 2 rings (SSSR count). The number of rotatable bonds is 7. The lowest BCUT2D eigenvalue weighted by atomic mass is 10.2. The molecule has 0 aliphatic carbocycles. The Hall–Kier alpha value is -2.08. The number of benzene rings is 1. The highest BCUT2D eigenvalue weighted by Crippen LogP contribution is 2.11. The van der Waals surface area contributed by atoms with Crippen molar-refractivity contribution in [1.29, 1.82) is 0 Å². The molecular formula is C19H29N3O3. The van der Waals surface area contributed by atoms with Crippen molar-refractivity contribution < 1.29 is 14.3 Å². The first kappa shape index (κ1) is 19.2. The second-order valence-electron chi connectivity index (χ2n) is 6.62. The lowest BCUT2D eigenvalue weighted by molar-refractivity contribution is 0.0963. The van der Waals surface area contributed by atoms with E-state index in [1.165, 1.54) is 12.8 Å². The van der Waals surface area contributed by atoms with E-state index in [1.807, 2.05) is 0 Å². The van der Waals surface area contributed by atoms with Crippen LogP contribution in [-0.4, -0.2) is 56.7 Å². The Morgan fingerprint density at radius 2 is 1.92 bits per heavy atom. The number of methoxy groups -OCH3 is 1. The van der Waals surface area contributed by atoms with Gasteiger partial charge in [0.05, 0.1) is 20.3 Å². The number of hydrogen-bond acceptors (Lipinski definition) is 5. The average Bonchev–Trinajstić information content (AvgIpc) is 3.12. The van der Waals surface area contributed by atoms with E-state index in [4.69, 9.17) is 9.47 Å². The van der Waals surface area contributed by atoms with Crippen LogP contribution in [0.3, 0.4) is 0 Å². The average molecular weight is 347 g/mol. The van der Waals surface area contributed by atoms with Crippen LogP contribution in [-0.2, 0) is 4.74 Å². The minimum absolute atomic E-state index is 0.230. The third kappa shape index (κ3) is 6.74. The molecule has 1 aromatic carbocycles. The van der Waals surface area contributed by atoms with E-state index < -0.39 is 0 Å². The largest absolute Gasteiger partial charge is 0.497 e. The molecule has 25 heavy (non-hydrogen) atoms. The first-order chi connectivity index (χ1) is 12.1. The Kier molecular flexibility index (Phi) is 7.73. The summed E-state index contributed by atoms with van der Waals surface area (Å²) in [6, 6.07) is 7.26. The standard InChI is InChI=1S/C19H29N3O3/c1-15(2)14-25-19(20-10-13-22-11-4-5-12-22)21-18(23)16-6-8-17(24-3)9-7-16/h6-9,15H,4-5,10-14H2,1-3H3,(H,20,21,23). The topological polar surface area (TPSA) is 63.2 Å². The molecule has 1 heterocycles. The van der Waals surface area contributed by atoms with E-state index in [0.717, 1.165) is 19.6 Å². The van der Waals surface area contributed by atoms with Crippen molar-refractivity contribution >= 4 is 11.9 Å². The van der Waals surface area contributed by atoms with Crippen molar-refractivity contribution in [3.63, 3.8) is 0 Å². The summed E-state index contributed by atoms with van der Waals surface area (Å²) in [4.78, 5) is 19.2. The van der Waals surface area contributed by atoms with Gasteiger partial charge >= 0.3 is 0 Å². The van der Waals surface area contributed by atoms with Crippen molar-refractivity contribution in [2.45, 2.75) is 26.7 Å². The van der Waals surface area contributed by atoms with Gasteiger partial charge in [0.1, 0.15) is 5.75 Å². The lowest BCUT2D eigenvalue weighted by Crippen LogP contribution is -2.34.